The lowest BCUT2D eigenvalue weighted by molar-refractivity contribution is -0.120. The van der Waals surface area contributed by atoms with Gasteiger partial charge in [0, 0.05) is 40.7 Å². The molecule has 0 fully saturated rings. The summed E-state index contributed by atoms with van der Waals surface area (Å²) in [5.74, 6) is 1.11. The fourth-order valence-electron chi connectivity index (χ4n) is 3.42. The quantitative estimate of drug-likeness (QED) is 0.627. The van der Waals surface area contributed by atoms with E-state index in [-0.39, 0.29) is 6.04 Å². The minimum absolute atomic E-state index is 0.0706. The smallest absolute Gasteiger partial charge is 0.150 e. The highest BCUT2D eigenvalue weighted by molar-refractivity contribution is 7.99. The molecule has 3 nitrogen and oxygen atoms in total. The fraction of sp³-hybridized carbons (Fsp3) is 0.227. The first-order valence-electron chi connectivity index (χ1n) is 9.01. The van der Waals surface area contributed by atoms with Gasteiger partial charge in [-0.1, -0.05) is 54.6 Å². The van der Waals surface area contributed by atoms with Crippen molar-refractivity contribution in [1.82, 2.24) is 10.3 Å². The number of aromatic amines is 1. The van der Waals surface area contributed by atoms with E-state index in [9.17, 15) is 4.79 Å². The number of rotatable bonds is 6. The number of para-hydroxylation sites is 1. The molecule has 0 saturated heterocycles. The second-order valence-corrected chi connectivity index (χ2v) is 7.66. The van der Waals surface area contributed by atoms with Gasteiger partial charge >= 0.3 is 0 Å². The van der Waals surface area contributed by atoms with Crippen LogP contribution in [0.25, 0.3) is 16.5 Å². The van der Waals surface area contributed by atoms with Gasteiger partial charge in [0.05, 0.1) is 6.04 Å². The Kier molecular flexibility index (Phi) is 5.23. The van der Waals surface area contributed by atoms with Crippen molar-refractivity contribution in [2.75, 3.05) is 12.3 Å². The van der Waals surface area contributed by atoms with E-state index >= 15 is 0 Å². The first-order chi connectivity index (χ1) is 12.8. The lowest BCUT2D eigenvalue weighted by Gasteiger charge is -2.23. The Labute approximate surface area is 157 Å². The molecule has 4 rings (SSSR count). The van der Waals surface area contributed by atoms with Gasteiger partial charge in [-0.3, -0.25) is 4.79 Å². The number of carbonyl (C=O) groups excluding carboxylic acids is 1. The minimum Gasteiger partial charge on any atom is -0.360 e. The van der Waals surface area contributed by atoms with E-state index in [0.29, 0.717) is 12.2 Å². The SMILES string of the molecule is O=C(CCSc1c[nH]c2ccccc12)C1CC(c2ccccc2)=CCN1. The third-order valence-corrected chi connectivity index (χ3v) is 5.88. The monoisotopic (exact) mass is 362 g/mol. The molecule has 3 aromatic rings. The molecule has 4 heteroatoms. The molecule has 0 radical (unpaired) electrons. The number of nitrogens with one attached hydrogen (secondary N) is 2. The van der Waals surface area contributed by atoms with Gasteiger partial charge in [0.2, 0.25) is 0 Å². The molecule has 2 aromatic carbocycles. The van der Waals surface area contributed by atoms with Crippen molar-refractivity contribution in [2.45, 2.75) is 23.8 Å². The number of ketones is 1. The second-order valence-electron chi connectivity index (χ2n) is 6.52. The van der Waals surface area contributed by atoms with E-state index in [1.807, 2.05) is 30.5 Å². The average Bonchev–Trinajstić information content (AvgIpc) is 3.12. The highest BCUT2D eigenvalue weighted by Crippen LogP contribution is 2.29. The number of fused-ring (bicyclic) bond motifs is 1. The third kappa shape index (κ3) is 3.76. The van der Waals surface area contributed by atoms with Crippen LogP contribution in [0.2, 0.25) is 0 Å². The Hall–Kier alpha value is -2.30. The van der Waals surface area contributed by atoms with Gasteiger partial charge in [0.25, 0.3) is 0 Å². The molecule has 0 bridgehead atoms. The van der Waals surface area contributed by atoms with Crippen molar-refractivity contribution in [1.29, 1.82) is 0 Å². The molecule has 1 aliphatic heterocycles. The van der Waals surface area contributed by atoms with Crippen molar-refractivity contribution < 1.29 is 4.79 Å². The number of H-pyrrole nitrogens is 1. The molecule has 1 atom stereocenters. The third-order valence-electron chi connectivity index (χ3n) is 4.83. The van der Waals surface area contributed by atoms with Crippen molar-refractivity contribution in [2.24, 2.45) is 0 Å². The lowest BCUT2D eigenvalue weighted by Crippen LogP contribution is -2.39. The van der Waals surface area contributed by atoms with E-state index < -0.39 is 0 Å². The number of hydrogen-bond acceptors (Lipinski definition) is 3. The number of aromatic nitrogens is 1. The summed E-state index contributed by atoms with van der Waals surface area (Å²) < 4.78 is 0. The number of Topliss-reactive ketones (excluding diaryl/α,β-unsaturated/α-hetero) is 1. The zero-order chi connectivity index (χ0) is 17.8. The van der Waals surface area contributed by atoms with E-state index in [2.05, 4.69) is 46.7 Å². The number of thioether (sulfide) groups is 1. The summed E-state index contributed by atoms with van der Waals surface area (Å²) in [5, 5.41) is 4.58. The van der Waals surface area contributed by atoms with Crippen LogP contribution in [0.4, 0.5) is 0 Å². The molecule has 2 N–H and O–H groups in total. The zero-order valence-corrected chi connectivity index (χ0v) is 15.4. The van der Waals surface area contributed by atoms with Crippen LogP contribution in [0.15, 0.2) is 71.8 Å². The van der Waals surface area contributed by atoms with Gasteiger partial charge in [0.15, 0.2) is 5.78 Å². The van der Waals surface area contributed by atoms with Crippen LogP contribution in [0.5, 0.6) is 0 Å². The molecule has 2 heterocycles. The maximum Gasteiger partial charge on any atom is 0.150 e. The number of carbonyl (C=O) groups is 1. The van der Waals surface area contributed by atoms with E-state index in [4.69, 9.17) is 0 Å². The average molecular weight is 362 g/mol. The van der Waals surface area contributed by atoms with Crippen molar-refractivity contribution >= 4 is 34.0 Å². The molecule has 1 aromatic heterocycles. The molecule has 0 aliphatic carbocycles. The Morgan fingerprint density at radius 3 is 2.77 bits per heavy atom. The first kappa shape index (κ1) is 17.1. The van der Waals surface area contributed by atoms with Crippen LogP contribution in [0.3, 0.4) is 0 Å². The molecule has 1 aliphatic rings. The number of benzene rings is 2. The molecule has 26 heavy (non-hydrogen) atoms. The van der Waals surface area contributed by atoms with Crippen LogP contribution in [0, 0.1) is 0 Å². The Balaban J connectivity index is 1.33. The zero-order valence-electron chi connectivity index (χ0n) is 14.6. The van der Waals surface area contributed by atoms with Crippen molar-refractivity contribution in [3.8, 4) is 0 Å². The summed E-state index contributed by atoms with van der Waals surface area (Å²) in [5.41, 5.74) is 3.64. The minimum atomic E-state index is -0.0706. The largest absolute Gasteiger partial charge is 0.360 e. The van der Waals surface area contributed by atoms with Gasteiger partial charge in [-0.25, -0.2) is 0 Å². The highest BCUT2D eigenvalue weighted by atomic mass is 32.2. The first-order valence-corrected chi connectivity index (χ1v) is 9.99. The topological polar surface area (TPSA) is 44.9 Å². The number of hydrogen-bond donors (Lipinski definition) is 2. The molecule has 0 spiro atoms. The normalized spacial score (nSPS) is 17.2. The molecule has 0 amide bonds. The summed E-state index contributed by atoms with van der Waals surface area (Å²) in [7, 11) is 0. The summed E-state index contributed by atoms with van der Waals surface area (Å²) in [4.78, 5) is 17.2. The Bertz CT molecular complexity index is 929. The maximum absolute atomic E-state index is 12.7. The van der Waals surface area contributed by atoms with Crippen molar-refractivity contribution in [3.63, 3.8) is 0 Å². The standard InChI is InChI=1S/C22H22N2OS/c25-21(11-13-26-22-15-24-19-9-5-4-8-18(19)22)20-14-17(10-12-23-20)16-6-2-1-3-7-16/h1-10,15,20,23-24H,11-14H2. The van der Waals surface area contributed by atoms with Crippen molar-refractivity contribution in [3.05, 3.63) is 72.4 Å². The van der Waals surface area contributed by atoms with Gasteiger partial charge in [0.1, 0.15) is 0 Å². The molecule has 0 saturated carbocycles. The molecular weight excluding hydrogens is 340 g/mol. The summed E-state index contributed by atoms with van der Waals surface area (Å²) in [6, 6.07) is 18.6. The van der Waals surface area contributed by atoms with Crippen LogP contribution >= 0.6 is 11.8 Å². The summed E-state index contributed by atoms with van der Waals surface area (Å²) in [6.45, 7) is 0.760. The Morgan fingerprint density at radius 2 is 1.88 bits per heavy atom. The molecule has 132 valence electrons. The van der Waals surface area contributed by atoms with Gasteiger partial charge in [-0.05, 0) is 23.6 Å². The van der Waals surface area contributed by atoms with Gasteiger partial charge < -0.3 is 10.3 Å². The van der Waals surface area contributed by atoms with Crippen LogP contribution in [-0.4, -0.2) is 29.1 Å². The Morgan fingerprint density at radius 1 is 1.08 bits per heavy atom. The van der Waals surface area contributed by atoms with Crippen LogP contribution in [0.1, 0.15) is 18.4 Å². The van der Waals surface area contributed by atoms with Crippen LogP contribution < -0.4 is 5.32 Å². The van der Waals surface area contributed by atoms with E-state index in [1.54, 1.807) is 11.8 Å². The fourth-order valence-corrected chi connectivity index (χ4v) is 4.41. The van der Waals surface area contributed by atoms with Crippen LogP contribution in [-0.2, 0) is 4.79 Å². The molecule has 1 unspecified atom stereocenters. The van der Waals surface area contributed by atoms with Gasteiger partial charge in [-0.15, -0.1) is 11.8 Å². The summed E-state index contributed by atoms with van der Waals surface area (Å²) >= 11 is 1.75. The maximum atomic E-state index is 12.7. The highest BCUT2D eigenvalue weighted by Gasteiger charge is 2.22. The molecular formula is C22H22N2OS. The lowest BCUT2D eigenvalue weighted by atomic mass is 9.93. The van der Waals surface area contributed by atoms with E-state index in [1.165, 1.54) is 21.4 Å². The van der Waals surface area contributed by atoms with E-state index in [0.717, 1.165) is 24.2 Å². The predicted octanol–water partition coefficient (Wildman–Crippen LogP) is 4.66. The van der Waals surface area contributed by atoms with Gasteiger partial charge in [-0.2, -0.15) is 0 Å². The second kappa shape index (κ2) is 7.94. The predicted molar refractivity (Wildman–Crippen MR) is 109 cm³/mol. The summed E-state index contributed by atoms with van der Waals surface area (Å²) in [6.07, 6.45) is 5.60.